The Labute approximate surface area is 198 Å². The highest BCUT2D eigenvalue weighted by atomic mass is 19.4. The van der Waals surface area contributed by atoms with Crippen LogP contribution in [0.3, 0.4) is 0 Å². The van der Waals surface area contributed by atoms with Crippen LogP contribution in [0.5, 0.6) is 0 Å². The van der Waals surface area contributed by atoms with Crippen LogP contribution >= 0.6 is 0 Å². The highest BCUT2D eigenvalue weighted by Crippen LogP contribution is 2.32. The van der Waals surface area contributed by atoms with Gasteiger partial charge in [0.15, 0.2) is 0 Å². The van der Waals surface area contributed by atoms with Crippen molar-refractivity contribution in [1.82, 2.24) is 14.5 Å². The van der Waals surface area contributed by atoms with Crippen molar-refractivity contribution in [3.63, 3.8) is 0 Å². The lowest BCUT2D eigenvalue weighted by Crippen LogP contribution is -2.21. The molecular weight excluding hydrogens is 470 g/mol. The standard InChI is InChI=1S/C21H22FN5O.C2HF3O2/c1-26(2)21-23-10-16(11-24-21)15-8-19(27(13-15)12-14-6-7-14)20(28)25-18-5-3-4-17(22)9-18;3-2(4,5)1(6)7/h3-5,8-11,13-14H,6-7,12H2,1-2H3,(H,25,28);(H,6,7). The predicted molar refractivity (Wildman–Crippen MR) is 121 cm³/mol. The molecular formula is C23H23F4N5O3. The first kappa shape index (κ1) is 25.7. The van der Waals surface area contributed by atoms with Crippen LogP contribution in [0.15, 0.2) is 48.9 Å². The highest BCUT2D eigenvalue weighted by molar-refractivity contribution is 6.04. The topological polar surface area (TPSA) is 100 Å². The average molecular weight is 493 g/mol. The van der Waals surface area contributed by atoms with E-state index in [-0.39, 0.29) is 11.7 Å². The van der Waals surface area contributed by atoms with E-state index in [2.05, 4.69) is 15.3 Å². The number of aromatic nitrogens is 3. The Bertz CT molecular complexity index is 1190. The zero-order valence-electron chi connectivity index (χ0n) is 18.9. The first-order chi connectivity index (χ1) is 16.4. The molecule has 0 radical (unpaired) electrons. The number of carboxylic acids is 1. The molecule has 2 heterocycles. The fourth-order valence-electron chi connectivity index (χ4n) is 3.05. The molecule has 0 atom stereocenters. The van der Waals surface area contributed by atoms with Crippen molar-refractivity contribution in [3.8, 4) is 11.1 Å². The Morgan fingerprint density at radius 1 is 1.14 bits per heavy atom. The second-order valence-electron chi connectivity index (χ2n) is 8.14. The first-order valence-corrected chi connectivity index (χ1v) is 10.5. The van der Waals surface area contributed by atoms with Crippen LogP contribution in [-0.4, -0.2) is 51.8 Å². The Hall–Kier alpha value is -3.96. The molecule has 35 heavy (non-hydrogen) atoms. The molecule has 4 rings (SSSR count). The number of halogens is 4. The quantitative estimate of drug-likeness (QED) is 0.493. The third-order valence-electron chi connectivity index (χ3n) is 4.98. The fourth-order valence-corrected chi connectivity index (χ4v) is 3.05. The van der Waals surface area contributed by atoms with E-state index in [0.717, 1.165) is 17.7 Å². The minimum Gasteiger partial charge on any atom is -0.475 e. The fraction of sp³-hybridized carbons (Fsp3) is 0.304. The maximum absolute atomic E-state index is 13.4. The number of amides is 1. The van der Waals surface area contributed by atoms with Crippen LogP contribution < -0.4 is 10.2 Å². The van der Waals surface area contributed by atoms with Crippen LogP contribution in [0, 0.1) is 11.7 Å². The molecule has 1 fully saturated rings. The molecule has 8 nitrogen and oxygen atoms in total. The van der Waals surface area contributed by atoms with Crippen molar-refractivity contribution in [3.05, 3.63) is 60.4 Å². The molecule has 12 heteroatoms. The van der Waals surface area contributed by atoms with Crippen molar-refractivity contribution < 1.29 is 32.3 Å². The van der Waals surface area contributed by atoms with Gasteiger partial charge < -0.3 is 19.9 Å². The van der Waals surface area contributed by atoms with Gasteiger partial charge in [-0.1, -0.05) is 6.07 Å². The zero-order valence-corrected chi connectivity index (χ0v) is 18.9. The number of benzene rings is 1. The Morgan fingerprint density at radius 3 is 2.29 bits per heavy atom. The zero-order chi connectivity index (χ0) is 25.8. The van der Waals surface area contributed by atoms with E-state index in [1.807, 2.05) is 35.8 Å². The van der Waals surface area contributed by atoms with Gasteiger partial charge in [0.25, 0.3) is 5.91 Å². The molecule has 1 aliphatic carbocycles. The van der Waals surface area contributed by atoms with Gasteiger partial charge in [0.1, 0.15) is 11.5 Å². The number of hydrogen-bond donors (Lipinski definition) is 2. The number of aliphatic carboxylic acids is 1. The van der Waals surface area contributed by atoms with Gasteiger partial charge in [-0.2, -0.15) is 13.2 Å². The molecule has 1 saturated carbocycles. The van der Waals surface area contributed by atoms with Crippen LogP contribution in [0.2, 0.25) is 0 Å². The van der Waals surface area contributed by atoms with Gasteiger partial charge in [-0.25, -0.2) is 19.2 Å². The van der Waals surface area contributed by atoms with Crippen molar-refractivity contribution in [1.29, 1.82) is 0 Å². The molecule has 186 valence electrons. The number of carbonyl (C=O) groups is 2. The number of alkyl halides is 3. The molecule has 2 N–H and O–H groups in total. The summed E-state index contributed by atoms with van der Waals surface area (Å²) in [6, 6.07) is 7.74. The molecule has 0 spiro atoms. The van der Waals surface area contributed by atoms with E-state index in [1.54, 1.807) is 24.5 Å². The second-order valence-corrected chi connectivity index (χ2v) is 8.14. The lowest BCUT2D eigenvalue weighted by Gasteiger charge is -2.09. The highest BCUT2D eigenvalue weighted by Gasteiger charge is 2.38. The Morgan fingerprint density at radius 2 is 1.77 bits per heavy atom. The van der Waals surface area contributed by atoms with E-state index < -0.39 is 12.1 Å². The molecule has 1 amide bonds. The molecule has 0 aliphatic heterocycles. The number of anilines is 2. The van der Waals surface area contributed by atoms with Crippen molar-refractivity contribution in [2.75, 3.05) is 24.3 Å². The van der Waals surface area contributed by atoms with E-state index >= 15 is 0 Å². The molecule has 1 aromatic carbocycles. The molecule has 0 bridgehead atoms. The minimum atomic E-state index is -5.08. The summed E-state index contributed by atoms with van der Waals surface area (Å²) in [7, 11) is 3.77. The molecule has 0 unspecified atom stereocenters. The Balaban J connectivity index is 0.000000429. The maximum atomic E-state index is 13.4. The summed E-state index contributed by atoms with van der Waals surface area (Å²) in [6.45, 7) is 0.794. The lowest BCUT2D eigenvalue weighted by molar-refractivity contribution is -0.192. The monoisotopic (exact) mass is 493 g/mol. The first-order valence-electron chi connectivity index (χ1n) is 10.5. The van der Waals surface area contributed by atoms with Crippen LogP contribution in [0.1, 0.15) is 23.3 Å². The van der Waals surface area contributed by atoms with E-state index in [0.29, 0.717) is 23.2 Å². The SMILES string of the molecule is CN(C)c1ncc(-c2cc(C(=O)Nc3cccc(F)c3)n(CC3CC3)c2)cn1.O=C(O)C(F)(F)F. The van der Waals surface area contributed by atoms with E-state index in [4.69, 9.17) is 9.90 Å². The smallest absolute Gasteiger partial charge is 0.475 e. The molecule has 3 aromatic rings. The number of hydrogen-bond acceptors (Lipinski definition) is 5. The molecule has 0 saturated heterocycles. The van der Waals surface area contributed by atoms with Crippen LogP contribution in [-0.2, 0) is 11.3 Å². The second kappa shape index (κ2) is 10.5. The number of carboxylic acid groups (broad SMARTS) is 1. The van der Waals surface area contributed by atoms with Gasteiger partial charge in [-0.15, -0.1) is 0 Å². The van der Waals surface area contributed by atoms with Gasteiger partial charge >= 0.3 is 12.1 Å². The molecule has 2 aromatic heterocycles. The third kappa shape index (κ3) is 7.26. The summed E-state index contributed by atoms with van der Waals surface area (Å²) in [6.07, 6.45) is 2.76. The summed E-state index contributed by atoms with van der Waals surface area (Å²) in [5.74, 6) is -2.17. The van der Waals surface area contributed by atoms with Crippen molar-refractivity contribution >= 4 is 23.5 Å². The number of rotatable bonds is 6. The van der Waals surface area contributed by atoms with Gasteiger partial charge in [-0.3, -0.25) is 4.79 Å². The van der Waals surface area contributed by atoms with Crippen molar-refractivity contribution in [2.45, 2.75) is 25.6 Å². The van der Waals surface area contributed by atoms with Crippen LogP contribution in [0.4, 0.5) is 29.2 Å². The Kier molecular flexibility index (Phi) is 7.72. The van der Waals surface area contributed by atoms with E-state index in [1.165, 1.54) is 25.0 Å². The van der Waals surface area contributed by atoms with Gasteiger partial charge in [0.05, 0.1) is 0 Å². The largest absolute Gasteiger partial charge is 0.490 e. The summed E-state index contributed by atoms with van der Waals surface area (Å²) < 4.78 is 47.1. The summed E-state index contributed by atoms with van der Waals surface area (Å²) in [5.41, 5.74) is 2.71. The van der Waals surface area contributed by atoms with Gasteiger partial charge in [-0.05, 0) is 43.0 Å². The van der Waals surface area contributed by atoms with E-state index in [9.17, 15) is 22.4 Å². The predicted octanol–water partition coefficient (Wildman–Crippen LogP) is 4.45. The average Bonchev–Trinajstić information content (AvgIpc) is 3.49. The van der Waals surface area contributed by atoms with Gasteiger partial charge in [0, 0.05) is 56.0 Å². The van der Waals surface area contributed by atoms with Crippen LogP contribution in [0.25, 0.3) is 11.1 Å². The summed E-state index contributed by atoms with van der Waals surface area (Å²) in [4.78, 5) is 32.3. The maximum Gasteiger partial charge on any atom is 0.490 e. The van der Waals surface area contributed by atoms with Gasteiger partial charge in [0.2, 0.25) is 5.95 Å². The van der Waals surface area contributed by atoms with Crippen molar-refractivity contribution in [2.24, 2.45) is 5.92 Å². The number of carbonyl (C=O) groups excluding carboxylic acids is 1. The summed E-state index contributed by atoms with van der Waals surface area (Å²) >= 11 is 0. The molecule has 1 aliphatic rings. The minimum absolute atomic E-state index is 0.261. The summed E-state index contributed by atoms with van der Waals surface area (Å²) in [5, 5.41) is 9.91. The normalized spacial score (nSPS) is 13.0. The lowest BCUT2D eigenvalue weighted by atomic mass is 10.2. The number of nitrogens with one attached hydrogen (secondary N) is 1. The number of nitrogens with zero attached hydrogens (tertiary/aromatic N) is 4. The third-order valence-corrected chi connectivity index (χ3v) is 4.98.